The molecule has 0 unspecified atom stereocenters. The zero-order valence-corrected chi connectivity index (χ0v) is 15.7. The van der Waals surface area contributed by atoms with Gasteiger partial charge in [0, 0.05) is 24.7 Å². The molecule has 1 amide bonds. The molecule has 2 heterocycles. The molecule has 2 aromatic carbocycles. The molecular weight excluding hydrogens is 352 g/mol. The van der Waals surface area contributed by atoms with Gasteiger partial charge >= 0.3 is 5.97 Å². The van der Waals surface area contributed by atoms with E-state index >= 15 is 0 Å². The first-order valence-electron chi connectivity index (χ1n) is 9.63. The highest BCUT2D eigenvalue weighted by Crippen LogP contribution is 2.56. The Balaban J connectivity index is 1.61. The van der Waals surface area contributed by atoms with Crippen LogP contribution in [0.2, 0.25) is 0 Å². The van der Waals surface area contributed by atoms with Gasteiger partial charge in [-0.1, -0.05) is 54.6 Å². The molecule has 2 aliphatic heterocycles. The zero-order chi connectivity index (χ0) is 19.3. The van der Waals surface area contributed by atoms with Crippen LogP contribution in [0.3, 0.4) is 0 Å². The summed E-state index contributed by atoms with van der Waals surface area (Å²) >= 11 is 0. The minimum absolute atomic E-state index is 0.00904. The lowest BCUT2D eigenvalue weighted by Gasteiger charge is -2.42. The number of amides is 1. The Bertz CT molecular complexity index is 984. The molecule has 28 heavy (non-hydrogen) atoms. The highest BCUT2D eigenvalue weighted by molar-refractivity contribution is 5.95. The Hall–Kier alpha value is -3.08. The van der Waals surface area contributed by atoms with Crippen LogP contribution in [0.4, 0.5) is 5.69 Å². The average molecular weight is 374 g/mol. The van der Waals surface area contributed by atoms with Crippen molar-refractivity contribution in [2.24, 2.45) is 0 Å². The summed E-state index contributed by atoms with van der Waals surface area (Å²) in [5.41, 5.74) is 3.43. The number of fused-ring (bicyclic) bond motifs is 1. The SMILES string of the molecule is COC(=O)C1=CC[C@@H]2N(Cc3ccccc3)C(=O)C[C@@]23c2ccccc2N[C@@H]13. The third kappa shape index (κ3) is 2.25. The topological polar surface area (TPSA) is 58.6 Å². The van der Waals surface area contributed by atoms with E-state index in [0.717, 1.165) is 16.8 Å². The fourth-order valence-electron chi connectivity index (χ4n) is 5.29. The quantitative estimate of drug-likeness (QED) is 0.839. The number of hydrogen-bond acceptors (Lipinski definition) is 4. The first-order chi connectivity index (χ1) is 13.6. The van der Waals surface area contributed by atoms with Crippen molar-refractivity contribution >= 4 is 17.6 Å². The third-order valence-corrected chi connectivity index (χ3v) is 6.47. The Morgan fingerprint density at radius 2 is 1.93 bits per heavy atom. The van der Waals surface area contributed by atoms with Crippen LogP contribution in [0.25, 0.3) is 0 Å². The van der Waals surface area contributed by atoms with E-state index in [2.05, 4.69) is 23.5 Å². The van der Waals surface area contributed by atoms with E-state index in [4.69, 9.17) is 4.74 Å². The number of para-hydroxylation sites is 1. The molecular formula is C23H22N2O3. The number of rotatable bonds is 3. The molecule has 1 spiro atoms. The third-order valence-electron chi connectivity index (χ3n) is 6.47. The minimum atomic E-state index is -0.444. The Kier molecular flexibility index (Phi) is 3.79. The van der Waals surface area contributed by atoms with Gasteiger partial charge in [-0.3, -0.25) is 4.79 Å². The summed E-state index contributed by atoms with van der Waals surface area (Å²) in [6.07, 6.45) is 3.00. The van der Waals surface area contributed by atoms with Gasteiger partial charge in [0.1, 0.15) is 0 Å². The van der Waals surface area contributed by atoms with Crippen molar-refractivity contribution in [1.29, 1.82) is 0 Å². The van der Waals surface area contributed by atoms with E-state index in [0.29, 0.717) is 25.0 Å². The molecule has 3 aliphatic rings. The highest BCUT2D eigenvalue weighted by atomic mass is 16.5. The zero-order valence-electron chi connectivity index (χ0n) is 15.7. The highest BCUT2D eigenvalue weighted by Gasteiger charge is 2.63. The van der Waals surface area contributed by atoms with Crippen LogP contribution in [0.1, 0.15) is 24.0 Å². The predicted molar refractivity (Wildman–Crippen MR) is 106 cm³/mol. The van der Waals surface area contributed by atoms with E-state index in [1.807, 2.05) is 47.4 Å². The van der Waals surface area contributed by atoms with Crippen molar-refractivity contribution < 1.29 is 14.3 Å². The summed E-state index contributed by atoms with van der Waals surface area (Å²) in [5, 5.41) is 3.52. The lowest BCUT2D eigenvalue weighted by Crippen LogP contribution is -2.53. The van der Waals surface area contributed by atoms with Crippen LogP contribution < -0.4 is 5.32 Å². The first-order valence-corrected chi connectivity index (χ1v) is 9.63. The molecule has 5 heteroatoms. The molecule has 0 bridgehead atoms. The van der Waals surface area contributed by atoms with Gasteiger partial charge in [0.05, 0.1) is 24.1 Å². The van der Waals surface area contributed by atoms with Crippen LogP contribution >= 0.6 is 0 Å². The molecule has 0 aromatic heterocycles. The number of likely N-dealkylation sites (tertiary alicyclic amines) is 1. The van der Waals surface area contributed by atoms with Crippen LogP contribution in [0.5, 0.6) is 0 Å². The van der Waals surface area contributed by atoms with Crippen molar-refractivity contribution in [3.63, 3.8) is 0 Å². The van der Waals surface area contributed by atoms with Gasteiger partial charge in [0.25, 0.3) is 0 Å². The van der Waals surface area contributed by atoms with Crippen molar-refractivity contribution in [2.45, 2.75) is 36.9 Å². The lowest BCUT2D eigenvalue weighted by molar-refractivity contribution is -0.136. The Morgan fingerprint density at radius 1 is 1.18 bits per heavy atom. The minimum Gasteiger partial charge on any atom is -0.466 e. The lowest BCUT2D eigenvalue weighted by atomic mass is 9.65. The molecule has 1 N–H and O–H groups in total. The normalized spacial score (nSPS) is 27.4. The second-order valence-electron chi connectivity index (χ2n) is 7.75. The van der Waals surface area contributed by atoms with Crippen molar-refractivity contribution in [2.75, 3.05) is 12.4 Å². The number of hydrogen-bond donors (Lipinski definition) is 1. The van der Waals surface area contributed by atoms with Crippen molar-refractivity contribution in [3.05, 3.63) is 77.4 Å². The number of esters is 1. The summed E-state index contributed by atoms with van der Waals surface area (Å²) in [4.78, 5) is 27.7. The Morgan fingerprint density at radius 3 is 2.71 bits per heavy atom. The standard InChI is InChI=1S/C23H22N2O3/c1-28-22(27)16-11-12-19-23(17-9-5-6-10-18(17)24-21(16)23)13-20(26)25(19)14-15-7-3-2-4-8-15/h2-11,19,21,24H,12-14H2,1H3/t19-,21-,23+/m0/s1. The predicted octanol–water partition coefficient (Wildman–Crippen LogP) is 3.02. The van der Waals surface area contributed by atoms with E-state index < -0.39 is 5.41 Å². The number of carbonyl (C=O) groups excluding carboxylic acids is 2. The second kappa shape index (κ2) is 6.23. The second-order valence-corrected chi connectivity index (χ2v) is 7.75. The van der Waals surface area contributed by atoms with Crippen LogP contribution in [0.15, 0.2) is 66.2 Å². The molecule has 1 aliphatic carbocycles. The molecule has 2 aromatic rings. The van der Waals surface area contributed by atoms with Gasteiger partial charge in [-0.2, -0.15) is 0 Å². The average Bonchev–Trinajstić information content (AvgIpc) is 3.21. The molecule has 1 fully saturated rings. The maximum atomic E-state index is 13.2. The van der Waals surface area contributed by atoms with E-state index in [-0.39, 0.29) is 24.0 Å². The number of nitrogens with zero attached hydrogens (tertiary/aromatic N) is 1. The smallest absolute Gasteiger partial charge is 0.335 e. The molecule has 5 rings (SSSR count). The summed E-state index contributed by atoms with van der Waals surface area (Å²) in [6, 6.07) is 17.9. The van der Waals surface area contributed by atoms with Gasteiger partial charge < -0.3 is 15.0 Å². The van der Waals surface area contributed by atoms with Crippen LogP contribution in [0, 0.1) is 0 Å². The van der Waals surface area contributed by atoms with E-state index in [9.17, 15) is 9.59 Å². The number of ether oxygens (including phenoxy) is 1. The van der Waals surface area contributed by atoms with Crippen molar-refractivity contribution in [3.8, 4) is 0 Å². The molecule has 1 saturated heterocycles. The van der Waals surface area contributed by atoms with Crippen molar-refractivity contribution in [1.82, 2.24) is 4.90 Å². The fraction of sp³-hybridized carbons (Fsp3) is 0.304. The molecule has 0 saturated carbocycles. The van der Waals surface area contributed by atoms with Crippen LogP contribution in [-0.2, 0) is 26.3 Å². The Labute approximate surface area is 164 Å². The van der Waals surface area contributed by atoms with Gasteiger partial charge in [0.2, 0.25) is 5.91 Å². The number of benzene rings is 2. The monoisotopic (exact) mass is 374 g/mol. The summed E-state index contributed by atoms with van der Waals surface area (Å²) in [5.74, 6) is -0.186. The van der Waals surface area contributed by atoms with Gasteiger partial charge in [-0.25, -0.2) is 4.79 Å². The first kappa shape index (κ1) is 17.0. The molecule has 142 valence electrons. The van der Waals surface area contributed by atoms with Gasteiger partial charge in [-0.05, 0) is 23.6 Å². The van der Waals surface area contributed by atoms with Gasteiger partial charge in [0.15, 0.2) is 0 Å². The number of methoxy groups -OCH3 is 1. The fourth-order valence-corrected chi connectivity index (χ4v) is 5.29. The maximum Gasteiger partial charge on any atom is 0.335 e. The summed E-state index contributed by atoms with van der Waals surface area (Å²) in [7, 11) is 1.41. The van der Waals surface area contributed by atoms with Crippen LogP contribution in [-0.4, -0.2) is 36.0 Å². The molecule has 3 atom stereocenters. The van der Waals surface area contributed by atoms with Gasteiger partial charge in [-0.15, -0.1) is 0 Å². The molecule has 5 nitrogen and oxygen atoms in total. The maximum absolute atomic E-state index is 13.2. The summed E-state index contributed by atoms with van der Waals surface area (Å²) in [6.45, 7) is 0.586. The number of anilines is 1. The van der Waals surface area contributed by atoms with E-state index in [1.165, 1.54) is 7.11 Å². The van der Waals surface area contributed by atoms with E-state index in [1.54, 1.807) is 0 Å². The molecule has 0 radical (unpaired) electrons. The summed E-state index contributed by atoms with van der Waals surface area (Å²) < 4.78 is 5.05. The number of nitrogens with one attached hydrogen (secondary N) is 1. The largest absolute Gasteiger partial charge is 0.466 e. The number of carbonyl (C=O) groups is 2.